The van der Waals surface area contributed by atoms with Gasteiger partial charge >= 0.3 is 0 Å². The standard InChI is InChI=1S/C23H23N5O2S/c1-3-16(4-2)21-25-26-23(31-21)24-20(29)19-17-12-8-9-13-18(17)22(30)28(27-19)14-15-10-6-5-7-11-15/h5-13,16H,3-4,14H2,1-2H3,(H,24,26,29). The van der Waals surface area contributed by atoms with Gasteiger partial charge in [0.15, 0.2) is 5.69 Å². The van der Waals surface area contributed by atoms with E-state index in [1.165, 1.54) is 16.0 Å². The summed E-state index contributed by atoms with van der Waals surface area (Å²) in [4.78, 5) is 26.1. The number of rotatable bonds is 7. The lowest BCUT2D eigenvalue weighted by Gasteiger charge is -2.10. The molecule has 31 heavy (non-hydrogen) atoms. The Labute approximate surface area is 183 Å². The number of carbonyl (C=O) groups excluding carboxylic acids is 1. The Morgan fingerprint density at radius 1 is 1.00 bits per heavy atom. The van der Waals surface area contributed by atoms with Gasteiger partial charge in [-0.3, -0.25) is 14.9 Å². The quantitative estimate of drug-likeness (QED) is 0.465. The van der Waals surface area contributed by atoms with Crippen LogP contribution >= 0.6 is 11.3 Å². The van der Waals surface area contributed by atoms with Gasteiger partial charge in [0.1, 0.15) is 5.01 Å². The zero-order valence-electron chi connectivity index (χ0n) is 17.4. The first-order valence-electron chi connectivity index (χ1n) is 10.3. The molecule has 4 aromatic rings. The Kier molecular flexibility index (Phi) is 6.18. The van der Waals surface area contributed by atoms with Crippen LogP contribution in [-0.4, -0.2) is 25.9 Å². The van der Waals surface area contributed by atoms with Crippen LogP contribution in [0.1, 0.15) is 53.7 Å². The van der Waals surface area contributed by atoms with Crippen molar-refractivity contribution in [3.63, 3.8) is 0 Å². The third-order valence-electron chi connectivity index (χ3n) is 5.25. The maximum atomic E-state index is 13.1. The number of hydrogen-bond donors (Lipinski definition) is 1. The number of hydrogen-bond acceptors (Lipinski definition) is 6. The van der Waals surface area contributed by atoms with Gasteiger partial charge in [-0.2, -0.15) is 5.10 Å². The van der Waals surface area contributed by atoms with E-state index in [0.717, 1.165) is 23.4 Å². The molecule has 0 saturated heterocycles. The van der Waals surface area contributed by atoms with E-state index in [1.807, 2.05) is 30.3 Å². The van der Waals surface area contributed by atoms with Gasteiger partial charge in [-0.25, -0.2) is 4.68 Å². The summed E-state index contributed by atoms with van der Waals surface area (Å²) >= 11 is 1.38. The van der Waals surface area contributed by atoms with Gasteiger partial charge < -0.3 is 0 Å². The largest absolute Gasteiger partial charge is 0.295 e. The molecule has 0 fully saturated rings. The van der Waals surface area contributed by atoms with Crippen molar-refractivity contribution in [2.24, 2.45) is 0 Å². The average molecular weight is 434 g/mol. The Balaban J connectivity index is 1.70. The maximum Gasteiger partial charge on any atom is 0.278 e. The van der Waals surface area contributed by atoms with E-state index in [1.54, 1.807) is 24.3 Å². The maximum absolute atomic E-state index is 13.1. The molecule has 158 valence electrons. The summed E-state index contributed by atoms with van der Waals surface area (Å²) in [5.41, 5.74) is 0.881. The van der Waals surface area contributed by atoms with Crippen molar-refractivity contribution in [2.45, 2.75) is 39.2 Å². The van der Waals surface area contributed by atoms with Crippen LogP contribution in [0.5, 0.6) is 0 Å². The molecule has 0 bridgehead atoms. The molecule has 0 spiro atoms. The third-order valence-corrected chi connectivity index (χ3v) is 6.26. The van der Waals surface area contributed by atoms with Gasteiger partial charge in [-0.05, 0) is 24.5 Å². The third kappa shape index (κ3) is 4.39. The molecule has 0 saturated carbocycles. The van der Waals surface area contributed by atoms with E-state index in [0.29, 0.717) is 21.8 Å². The summed E-state index contributed by atoms with van der Waals surface area (Å²) in [6.45, 7) is 4.50. The number of anilines is 1. The molecule has 1 N–H and O–H groups in total. The molecule has 2 aromatic carbocycles. The van der Waals surface area contributed by atoms with Gasteiger partial charge in [0.2, 0.25) is 5.13 Å². The smallest absolute Gasteiger partial charge is 0.278 e. The minimum absolute atomic E-state index is 0.186. The van der Waals surface area contributed by atoms with Crippen molar-refractivity contribution in [3.05, 3.63) is 81.2 Å². The second-order valence-corrected chi connectivity index (χ2v) is 8.26. The Hall–Kier alpha value is -3.39. The van der Waals surface area contributed by atoms with Crippen LogP contribution in [0.3, 0.4) is 0 Å². The van der Waals surface area contributed by atoms with Crippen LogP contribution in [0.2, 0.25) is 0 Å². The van der Waals surface area contributed by atoms with Crippen LogP contribution < -0.4 is 10.9 Å². The second-order valence-electron chi connectivity index (χ2n) is 7.26. The molecule has 0 aliphatic heterocycles. The van der Waals surface area contributed by atoms with Crippen LogP contribution in [0.15, 0.2) is 59.4 Å². The van der Waals surface area contributed by atoms with Crippen LogP contribution in [0.4, 0.5) is 5.13 Å². The highest BCUT2D eigenvalue weighted by Gasteiger charge is 2.20. The van der Waals surface area contributed by atoms with Crippen LogP contribution in [0.25, 0.3) is 10.8 Å². The fourth-order valence-corrected chi connectivity index (χ4v) is 4.52. The lowest BCUT2D eigenvalue weighted by atomic mass is 10.1. The number of amides is 1. The zero-order chi connectivity index (χ0) is 21.8. The number of fused-ring (bicyclic) bond motifs is 1. The fourth-order valence-electron chi connectivity index (χ4n) is 3.51. The van der Waals surface area contributed by atoms with Crippen molar-refractivity contribution in [3.8, 4) is 0 Å². The van der Waals surface area contributed by atoms with Crippen molar-refractivity contribution in [2.75, 3.05) is 5.32 Å². The highest BCUT2D eigenvalue weighted by molar-refractivity contribution is 7.15. The Morgan fingerprint density at radius 3 is 2.39 bits per heavy atom. The normalized spacial score (nSPS) is 11.2. The molecular formula is C23H23N5O2S. The van der Waals surface area contributed by atoms with E-state index in [-0.39, 0.29) is 17.8 Å². The molecule has 4 rings (SSSR count). The first-order valence-corrected chi connectivity index (χ1v) is 11.1. The first kappa shape index (κ1) is 20.9. The summed E-state index contributed by atoms with van der Waals surface area (Å²) in [6, 6.07) is 16.6. The van der Waals surface area contributed by atoms with Gasteiger partial charge in [0, 0.05) is 11.3 Å². The molecule has 7 nitrogen and oxygen atoms in total. The number of nitrogens with one attached hydrogen (secondary N) is 1. The molecule has 0 atom stereocenters. The van der Waals surface area contributed by atoms with Crippen molar-refractivity contribution < 1.29 is 4.79 Å². The molecule has 0 radical (unpaired) electrons. The molecule has 2 heterocycles. The molecule has 2 aromatic heterocycles. The minimum atomic E-state index is -0.412. The zero-order valence-corrected chi connectivity index (χ0v) is 18.2. The minimum Gasteiger partial charge on any atom is -0.295 e. The molecular weight excluding hydrogens is 410 g/mol. The molecule has 0 unspecified atom stereocenters. The van der Waals surface area contributed by atoms with Crippen molar-refractivity contribution in [1.82, 2.24) is 20.0 Å². The van der Waals surface area contributed by atoms with E-state index in [4.69, 9.17) is 0 Å². The number of aromatic nitrogens is 4. The molecule has 1 amide bonds. The topological polar surface area (TPSA) is 89.8 Å². The second kappa shape index (κ2) is 9.18. The van der Waals surface area contributed by atoms with Crippen molar-refractivity contribution in [1.29, 1.82) is 0 Å². The van der Waals surface area contributed by atoms with Crippen LogP contribution in [-0.2, 0) is 6.54 Å². The average Bonchev–Trinajstić information content (AvgIpc) is 3.25. The Morgan fingerprint density at radius 2 is 1.68 bits per heavy atom. The lowest BCUT2D eigenvalue weighted by molar-refractivity contribution is 0.102. The molecule has 0 aliphatic rings. The predicted molar refractivity (Wildman–Crippen MR) is 123 cm³/mol. The fraction of sp³-hybridized carbons (Fsp3) is 0.261. The van der Waals surface area contributed by atoms with Gasteiger partial charge in [-0.15, -0.1) is 10.2 Å². The van der Waals surface area contributed by atoms with Gasteiger partial charge in [0.05, 0.1) is 11.9 Å². The van der Waals surface area contributed by atoms with E-state index in [2.05, 4.69) is 34.5 Å². The van der Waals surface area contributed by atoms with E-state index in [9.17, 15) is 9.59 Å². The first-order chi connectivity index (χ1) is 15.1. The Bertz CT molecular complexity index is 1260. The summed E-state index contributed by atoms with van der Waals surface area (Å²) in [5, 5.41) is 17.9. The van der Waals surface area contributed by atoms with Gasteiger partial charge in [-0.1, -0.05) is 73.7 Å². The van der Waals surface area contributed by atoms with E-state index < -0.39 is 5.91 Å². The van der Waals surface area contributed by atoms with Crippen molar-refractivity contribution >= 4 is 33.1 Å². The predicted octanol–water partition coefficient (Wildman–Crippen LogP) is 4.45. The highest BCUT2D eigenvalue weighted by atomic mass is 32.1. The highest BCUT2D eigenvalue weighted by Crippen LogP contribution is 2.28. The SMILES string of the molecule is CCC(CC)c1nnc(NC(=O)c2nn(Cc3ccccc3)c(=O)c3ccccc23)s1. The summed E-state index contributed by atoms with van der Waals surface area (Å²) in [7, 11) is 0. The summed E-state index contributed by atoms with van der Waals surface area (Å²) in [6.07, 6.45) is 1.94. The monoisotopic (exact) mass is 433 g/mol. The number of carbonyl (C=O) groups is 1. The van der Waals surface area contributed by atoms with Crippen LogP contribution in [0, 0.1) is 0 Å². The lowest BCUT2D eigenvalue weighted by Crippen LogP contribution is -2.28. The van der Waals surface area contributed by atoms with E-state index >= 15 is 0 Å². The number of nitrogens with zero attached hydrogens (tertiary/aromatic N) is 4. The summed E-state index contributed by atoms with van der Waals surface area (Å²) < 4.78 is 1.34. The molecule has 0 aliphatic carbocycles. The summed E-state index contributed by atoms with van der Waals surface area (Å²) in [5.74, 6) is -0.0832. The molecule has 8 heteroatoms. The van der Waals surface area contributed by atoms with Gasteiger partial charge in [0.25, 0.3) is 11.5 Å². The number of benzene rings is 2.